The Hall–Kier alpha value is -0.830. The summed E-state index contributed by atoms with van der Waals surface area (Å²) < 4.78 is 0.820. The van der Waals surface area contributed by atoms with Gasteiger partial charge in [-0.3, -0.25) is 4.79 Å². The number of halogens is 1. The molecule has 1 saturated carbocycles. The highest BCUT2D eigenvalue weighted by molar-refractivity contribution is 9.10. The molecule has 18 heavy (non-hydrogen) atoms. The number of rotatable bonds is 3. The second-order valence-corrected chi connectivity index (χ2v) is 6.08. The van der Waals surface area contributed by atoms with E-state index in [1.54, 1.807) is 12.1 Å². The molecular weight excluding hydrogens is 290 g/mol. The first-order chi connectivity index (χ1) is 8.66. The summed E-state index contributed by atoms with van der Waals surface area (Å²) in [5.41, 5.74) is 7.15. The van der Waals surface area contributed by atoms with Crippen LogP contribution in [-0.2, 0) is 0 Å². The van der Waals surface area contributed by atoms with Crippen molar-refractivity contribution in [3.05, 3.63) is 28.2 Å². The zero-order valence-corrected chi connectivity index (χ0v) is 12.2. The van der Waals surface area contributed by atoms with Crippen LogP contribution in [0.25, 0.3) is 0 Å². The molecule has 0 unspecified atom stereocenters. The summed E-state index contributed by atoms with van der Waals surface area (Å²) >= 11 is 3.43. The number of hydrogen-bond acceptors (Lipinski definition) is 2. The first-order valence-corrected chi connectivity index (χ1v) is 7.54. The van der Waals surface area contributed by atoms with Crippen LogP contribution < -0.4 is 5.73 Å². The zero-order chi connectivity index (χ0) is 13.0. The van der Waals surface area contributed by atoms with Gasteiger partial charge in [0.15, 0.2) is 5.78 Å². The minimum atomic E-state index is 0.244. The van der Waals surface area contributed by atoms with Crippen LogP contribution >= 0.6 is 15.9 Å². The highest BCUT2D eigenvalue weighted by Gasteiger charge is 2.18. The number of hydrogen-bond donors (Lipinski definition) is 1. The average Bonchev–Trinajstić information content (AvgIpc) is 2.57. The maximum Gasteiger partial charge on any atom is 0.164 e. The largest absolute Gasteiger partial charge is 0.399 e. The van der Waals surface area contributed by atoms with Crippen molar-refractivity contribution in [3.63, 3.8) is 0 Å². The predicted molar refractivity (Wildman–Crippen MR) is 78.7 cm³/mol. The van der Waals surface area contributed by atoms with Gasteiger partial charge in [0.25, 0.3) is 0 Å². The second kappa shape index (κ2) is 6.37. The normalized spacial score (nSPS) is 17.4. The van der Waals surface area contributed by atoms with E-state index in [0.717, 1.165) is 10.0 Å². The van der Waals surface area contributed by atoms with E-state index >= 15 is 0 Å². The third-order valence-corrected chi connectivity index (χ3v) is 4.40. The fourth-order valence-electron chi connectivity index (χ4n) is 2.70. The lowest BCUT2D eigenvalue weighted by molar-refractivity contribution is 0.0956. The lowest BCUT2D eigenvalue weighted by Gasteiger charge is -2.13. The molecular formula is C15H20BrNO. The van der Waals surface area contributed by atoms with Gasteiger partial charge in [0.2, 0.25) is 0 Å². The van der Waals surface area contributed by atoms with Crippen molar-refractivity contribution < 1.29 is 4.79 Å². The highest BCUT2D eigenvalue weighted by Crippen LogP contribution is 2.28. The van der Waals surface area contributed by atoms with Crippen molar-refractivity contribution in [1.29, 1.82) is 0 Å². The fourth-order valence-corrected chi connectivity index (χ4v) is 3.32. The van der Waals surface area contributed by atoms with Crippen molar-refractivity contribution in [2.24, 2.45) is 5.92 Å². The van der Waals surface area contributed by atoms with Gasteiger partial charge in [-0.2, -0.15) is 0 Å². The number of benzene rings is 1. The lowest BCUT2D eigenvalue weighted by atomic mass is 9.92. The molecule has 98 valence electrons. The Kier molecular flexibility index (Phi) is 4.81. The number of carbonyl (C=O) groups excluding carboxylic acids is 1. The van der Waals surface area contributed by atoms with Crippen LogP contribution in [0.1, 0.15) is 55.3 Å². The SMILES string of the molecule is Nc1ccc(C(=O)CC2CCCCCC2)c(Br)c1. The Labute approximate surface area is 117 Å². The molecule has 1 fully saturated rings. The topological polar surface area (TPSA) is 43.1 Å². The van der Waals surface area contributed by atoms with Crippen LogP contribution in [0.3, 0.4) is 0 Å². The first kappa shape index (κ1) is 13.6. The van der Waals surface area contributed by atoms with Gasteiger partial charge in [-0.05, 0) is 40.0 Å². The Morgan fingerprint density at radius 1 is 1.22 bits per heavy atom. The molecule has 0 aromatic heterocycles. The molecule has 0 spiro atoms. The van der Waals surface area contributed by atoms with Crippen LogP contribution in [-0.4, -0.2) is 5.78 Å². The zero-order valence-electron chi connectivity index (χ0n) is 10.6. The van der Waals surface area contributed by atoms with Crippen molar-refractivity contribution in [3.8, 4) is 0 Å². The van der Waals surface area contributed by atoms with Crippen molar-refractivity contribution in [1.82, 2.24) is 0 Å². The van der Waals surface area contributed by atoms with E-state index in [4.69, 9.17) is 5.73 Å². The number of carbonyl (C=O) groups is 1. The Bertz CT molecular complexity index is 423. The van der Waals surface area contributed by atoms with Gasteiger partial charge < -0.3 is 5.73 Å². The quantitative estimate of drug-likeness (QED) is 0.505. The lowest BCUT2D eigenvalue weighted by Crippen LogP contribution is -2.09. The first-order valence-electron chi connectivity index (χ1n) is 6.75. The molecule has 2 rings (SSSR count). The molecule has 1 aromatic carbocycles. The molecule has 1 aliphatic carbocycles. The summed E-state index contributed by atoms with van der Waals surface area (Å²) in [4.78, 5) is 12.3. The number of nitrogens with two attached hydrogens (primary N) is 1. The van der Waals surface area contributed by atoms with Crippen LogP contribution in [0.4, 0.5) is 5.69 Å². The van der Waals surface area contributed by atoms with Crippen LogP contribution in [0.5, 0.6) is 0 Å². The van der Waals surface area contributed by atoms with Gasteiger partial charge in [-0.25, -0.2) is 0 Å². The molecule has 1 aliphatic rings. The predicted octanol–water partition coefficient (Wildman–Crippen LogP) is 4.57. The Morgan fingerprint density at radius 3 is 2.50 bits per heavy atom. The van der Waals surface area contributed by atoms with E-state index in [2.05, 4.69) is 15.9 Å². The van der Waals surface area contributed by atoms with Gasteiger partial charge in [0, 0.05) is 22.1 Å². The van der Waals surface area contributed by atoms with Crippen molar-refractivity contribution in [2.45, 2.75) is 44.9 Å². The molecule has 0 bridgehead atoms. The highest BCUT2D eigenvalue weighted by atomic mass is 79.9. The summed E-state index contributed by atoms with van der Waals surface area (Å²) in [7, 11) is 0. The van der Waals surface area contributed by atoms with Crippen molar-refractivity contribution in [2.75, 3.05) is 5.73 Å². The Balaban J connectivity index is 2.02. The number of anilines is 1. The van der Waals surface area contributed by atoms with Gasteiger partial charge in [0.05, 0.1) is 0 Å². The van der Waals surface area contributed by atoms with E-state index in [0.29, 0.717) is 18.0 Å². The molecule has 0 radical (unpaired) electrons. The summed E-state index contributed by atoms with van der Waals surface area (Å²) in [5, 5.41) is 0. The average molecular weight is 310 g/mol. The van der Waals surface area contributed by atoms with Crippen LogP contribution in [0.15, 0.2) is 22.7 Å². The summed E-state index contributed by atoms with van der Waals surface area (Å²) in [5.74, 6) is 0.818. The Morgan fingerprint density at radius 2 is 1.89 bits per heavy atom. The van der Waals surface area contributed by atoms with E-state index in [1.165, 1.54) is 38.5 Å². The van der Waals surface area contributed by atoms with Crippen LogP contribution in [0.2, 0.25) is 0 Å². The number of ketones is 1. The minimum absolute atomic E-state index is 0.244. The van der Waals surface area contributed by atoms with Gasteiger partial charge in [-0.15, -0.1) is 0 Å². The molecule has 0 saturated heterocycles. The standard InChI is InChI=1S/C15H20BrNO/c16-14-10-12(17)7-8-13(14)15(18)9-11-5-3-1-2-4-6-11/h7-8,10-11H,1-6,9,17H2. The monoisotopic (exact) mass is 309 g/mol. The van der Waals surface area contributed by atoms with E-state index in [1.807, 2.05) is 6.07 Å². The number of nitrogen functional groups attached to an aromatic ring is 1. The fraction of sp³-hybridized carbons (Fsp3) is 0.533. The van der Waals surface area contributed by atoms with Gasteiger partial charge >= 0.3 is 0 Å². The molecule has 2 N–H and O–H groups in total. The minimum Gasteiger partial charge on any atom is -0.399 e. The summed E-state index contributed by atoms with van der Waals surface area (Å²) in [6.45, 7) is 0. The van der Waals surface area contributed by atoms with Gasteiger partial charge in [0.1, 0.15) is 0 Å². The number of Topliss-reactive ketones (excluding diaryl/α,β-unsaturated/α-hetero) is 1. The molecule has 0 heterocycles. The molecule has 1 aromatic rings. The molecule has 0 amide bonds. The van der Waals surface area contributed by atoms with Crippen molar-refractivity contribution >= 4 is 27.4 Å². The molecule has 0 atom stereocenters. The van der Waals surface area contributed by atoms with E-state index in [-0.39, 0.29) is 5.78 Å². The molecule has 2 nitrogen and oxygen atoms in total. The summed E-state index contributed by atoms with van der Waals surface area (Å²) in [6, 6.07) is 5.43. The molecule has 3 heteroatoms. The third-order valence-electron chi connectivity index (χ3n) is 3.74. The second-order valence-electron chi connectivity index (χ2n) is 5.22. The maximum absolute atomic E-state index is 12.3. The smallest absolute Gasteiger partial charge is 0.164 e. The van der Waals surface area contributed by atoms with E-state index in [9.17, 15) is 4.79 Å². The van der Waals surface area contributed by atoms with Gasteiger partial charge in [-0.1, -0.05) is 38.5 Å². The summed E-state index contributed by atoms with van der Waals surface area (Å²) in [6.07, 6.45) is 8.31. The molecule has 0 aliphatic heterocycles. The van der Waals surface area contributed by atoms with E-state index < -0.39 is 0 Å². The third kappa shape index (κ3) is 3.58. The van der Waals surface area contributed by atoms with Crippen LogP contribution in [0, 0.1) is 5.92 Å². The maximum atomic E-state index is 12.3.